The predicted molar refractivity (Wildman–Crippen MR) is 152 cm³/mol. The van der Waals surface area contributed by atoms with Crippen molar-refractivity contribution in [2.45, 2.75) is 90.4 Å². The lowest BCUT2D eigenvalue weighted by molar-refractivity contribution is 0.253. The molecule has 0 saturated heterocycles. The molecule has 0 aliphatic heterocycles. The average Bonchev–Trinajstić information content (AvgIpc) is 2.92. The lowest BCUT2D eigenvalue weighted by Crippen LogP contribution is -2.16. The van der Waals surface area contributed by atoms with E-state index in [4.69, 9.17) is 11.6 Å². The van der Waals surface area contributed by atoms with E-state index in [1.807, 2.05) is 6.07 Å². The molecule has 0 amide bonds. The molecule has 0 spiro atoms. The first-order chi connectivity index (χ1) is 18.0. The first kappa shape index (κ1) is 27.8. The van der Waals surface area contributed by atoms with Gasteiger partial charge in [-0.2, -0.15) is 0 Å². The second kappa shape index (κ2) is 14.1. The molecule has 0 bridgehead atoms. The van der Waals surface area contributed by atoms with Crippen molar-refractivity contribution in [3.63, 3.8) is 0 Å². The number of benzene rings is 3. The Morgan fingerprint density at radius 3 is 1.73 bits per heavy atom. The van der Waals surface area contributed by atoms with E-state index in [2.05, 4.69) is 37.3 Å². The zero-order valence-electron chi connectivity index (χ0n) is 22.3. The van der Waals surface area contributed by atoms with Gasteiger partial charge >= 0.3 is 0 Å². The molecule has 3 aromatic rings. The van der Waals surface area contributed by atoms with Crippen LogP contribution in [0.15, 0.2) is 60.7 Å². The Morgan fingerprint density at radius 1 is 0.622 bits per heavy atom. The normalized spacial score (nSPS) is 17.7. The molecule has 0 heterocycles. The maximum absolute atomic E-state index is 14.7. The Kier molecular flexibility index (Phi) is 10.6. The van der Waals surface area contributed by atoms with Gasteiger partial charge in [-0.05, 0) is 109 Å². The van der Waals surface area contributed by atoms with Crippen LogP contribution < -0.4 is 0 Å². The summed E-state index contributed by atoms with van der Waals surface area (Å²) in [5.74, 6) is 1.05. The fourth-order valence-electron chi connectivity index (χ4n) is 5.73. The number of hydrogen-bond acceptors (Lipinski definition) is 0. The van der Waals surface area contributed by atoms with Crippen LogP contribution in [0.3, 0.4) is 0 Å². The number of halogens is 3. The van der Waals surface area contributed by atoms with Gasteiger partial charge in [0.15, 0.2) is 0 Å². The summed E-state index contributed by atoms with van der Waals surface area (Å²) in [4.78, 5) is 0. The van der Waals surface area contributed by atoms with Crippen molar-refractivity contribution in [2.24, 2.45) is 11.8 Å². The van der Waals surface area contributed by atoms with E-state index in [0.29, 0.717) is 18.4 Å². The standard InChI is InChI=1S/C34H41ClF2/c1-2-3-4-25-5-7-26(8-6-25)9-10-27-11-13-28(14-12-27)15-16-29-17-20-31(33(36)23-29)21-18-30-19-22-32(35)34(37)24-30/h5-8,17,19-20,22-24,27-28H,2-4,9-16,18,21H2,1H3. The first-order valence-corrected chi connectivity index (χ1v) is 14.7. The van der Waals surface area contributed by atoms with Crippen molar-refractivity contribution in [3.8, 4) is 0 Å². The molecule has 1 saturated carbocycles. The summed E-state index contributed by atoms with van der Waals surface area (Å²) in [7, 11) is 0. The minimum Gasteiger partial charge on any atom is -0.207 e. The van der Waals surface area contributed by atoms with E-state index in [-0.39, 0.29) is 10.8 Å². The van der Waals surface area contributed by atoms with Gasteiger partial charge in [-0.15, -0.1) is 0 Å². The largest absolute Gasteiger partial charge is 0.207 e. The molecule has 1 aliphatic rings. The van der Waals surface area contributed by atoms with Gasteiger partial charge in [0.2, 0.25) is 0 Å². The van der Waals surface area contributed by atoms with E-state index >= 15 is 0 Å². The van der Waals surface area contributed by atoms with Gasteiger partial charge in [-0.25, -0.2) is 8.78 Å². The first-order valence-electron chi connectivity index (χ1n) is 14.3. The molecule has 198 valence electrons. The highest BCUT2D eigenvalue weighted by atomic mass is 35.5. The average molecular weight is 523 g/mol. The molecule has 4 rings (SSSR count). The van der Waals surface area contributed by atoms with Gasteiger partial charge in [0, 0.05) is 0 Å². The summed E-state index contributed by atoms with van der Waals surface area (Å²) in [5.41, 5.74) is 5.56. The summed E-state index contributed by atoms with van der Waals surface area (Å²) >= 11 is 5.75. The second-order valence-electron chi connectivity index (χ2n) is 11.1. The molecule has 1 aliphatic carbocycles. The summed E-state index contributed by atoms with van der Waals surface area (Å²) in [5, 5.41) is 0.121. The quantitative estimate of drug-likeness (QED) is 0.222. The highest BCUT2D eigenvalue weighted by Crippen LogP contribution is 2.34. The third-order valence-electron chi connectivity index (χ3n) is 8.28. The smallest absolute Gasteiger partial charge is 0.142 e. The van der Waals surface area contributed by atoms with Crippen molar-refractivity contribution < 1.29 is 8.78 Å². The van der Waals surface area contributed by atoms with Crippen LogP contribution >= 0.6 is 11.6 Å². The van der Waals surface area contributed by atoms with Crippen LogP contribution in [-0.2, 0) is 32.1 Å². The van der Waals surface area contributed by atoms with E-state index in [0.717, 1.165) is 35.8 Å². The minimum atomic E-state index is -0.420. The van der Waals surface area contributed by atoms with E-state index in [1.54, 1.807) is 18.2 Å². The number of hydrogen-bond donors (Lipinski definition) is 0. The number of aryl methyl sites for hydroxylation is 5. The van der Waals surface area contributed by atoms with Crippen LogP contribution in [0.5, 0.6) is 0 Å². The Hall–Kier alpha value is -2.19. The summed E-state index contributed by atoms with van der Waals surface area (Å²) in [6, 6.07) is 19.8. The molecular weight excluding hydrogens is 482 g/mol. The van der Waals surface area contributed by atoms with Crippen LogP contribution in [0.2, 0.25) is 5.02 Å². The Morgan fingerprint density at radius 2 is 1.14 bits per heavy atom. The lowest BCUT2D eigenvalue weighted by Gasteiger charge is -2.28. The van der Waals surface area contributed by atoms with E-state index in [1.165, 1.54) is 75.0 Å². The van der Waals surface area contributed by atoms with Crippen LogP contribution in [-0.4, -0.2) is 0 Å². The van der Waals surface area contributed by atoms with Crippen molar-refractivity contribution in [2.75, 3.05) is 0 Å². The highest BCUT2D eigenvalue weighted by Gasteiger charge is 2.21. The van der Waals surface area contributed by atoms with Crippen molar-refractivity contribution in [1.29, 1.82) is 0 Å². The van der Waals surface area contributed by atoms with Gasteiger partial charge in [0.1, 0.15) is 11.6 Å². The van der Waals surface area contributed by atoms with E-state index < -0.39 is 5.82 Å². The monoisotopic (exact) mass is 522 g/mol. The molecule has 1 fully saturated rings. The number of rotatable bonds is 12. The Labute approximate surface area is 227 Å². The van der Waals surface area contributed by atoms with Gasteiger partial charge in [-0.1, -0.05) is 93.1 Å². The molecule has 3 heteroatoms. The highest BCUT2D eigenvalue weighted by molar-refractivity contribution is 6.30. The van der Waals surface area contributed by atoms with Gasteiger partial charge < -0.3 is 0 Å². The summed E-state index contributed by atoms with van der Waals surface area (Å²) in [6.07, 6.45) is 14.7. The lowest BCUT2D eigenvalue weighted by atomic mass is 9.77. The van der Waals surface area contributed by atoms with Crippen LogP contribution in [0.25, 0.3) is 0 Å². The SMILES string of the molecule is CCCCc1ccc(CCC2CCC(CCc3ccc(CCc4ccc(Cl)c(F)c4)c(F)c3)CC2)cc1. The van der Waals surface area contributed by atoms with Gasteiger partial charge in [0.05, 0.1) is 5.02 Å². The zero-order valence-corrected chi connectivity index (χ0v) is 23.0. The molecule has 0 nitrogen and oxygen atoms in total. The Balaban J connectivity index is 1.15. The number of unbranched alkanes of at least 4 members (excludes halogenated alkanes) is 1. The summed E-state index contributed by atoms with van der Waals surface area (Å²) < 4.78 is 28.4. The van der Waals surface area contributed by atoms with Crippen LogP contribution in [0.4, 0.5) is 8.78 Å². The zero-order chi connectivity index (χ0) is 26.0. The van der Waals surface area contributed by atoms with Crippen LogP contribution in [0.1, 0.15) is 86.1 Å². The van der Waals surface area contributed by atoms with Crippen molar-refractivity contribution in [1.82, 2.24) is 0 Å². The predicted octanol–water partition coefficient (Wildman–Crippen LogP) is 10.1. The minimum absolute atomic E-state index is 0.121. The topological polar surface area (TPSA) is 0 Å². The van der Waals surface area contributed by atoms with E-state index in [9.17, 15) is 8.78 Å². The molecule has 0 atom stereocenters. The fraction of sp³-hybridized carbons (Fsp3) is 0.471. The Bertz CT molecular complexity index is 1110. The third-order valence-corrected chi connectivity index (χ3v) is 8.58. The third kappa shape index (κ3) is 8.67. The van der Waals surface area contributed by atoms with Crippen molar-refractivity contribution in [3.05, 3.63) is 105 Å². The molecule has 37 heavy (non-hydrogen) atoms. The molecular formula is C34H41ClF2. The fourth-order valence-corrected chi connectivity index (χ4v) is 5.84. The van der Waals surface area contributed by atoms with Gasteiger partial charge in [-0.3, -0.25) is 0 Å². The molecule has 0 unspecified atom stereocenters. The molecule has 0 aromatic heterocycles. The van der Waals surface area contributed by atoms with Gasteiger partial charge in [0.25, 0.3) is 0 Å². The molecule has 0 radical (unpaired) electrons. The van der Waals surface area contributed by atoms with Crippen molar-refractivity contribution >= 4 is 11.6 Å². The second-order valence-corrected chi connectivity index (χ2v) is 11.5. The van der Waals surface area contributed by atoms with Crippen LogP contribution in [0, 0.1) is 23.5 Å². The molecule has 0 N–H and O–H groups in total. The molecule has 3 aromatic carbocycles. The summed E-state index contributed by atoms with van der Waals surface area (Å²) in [6.45, 7) is 2.25. The maximum Gasteiger partial charge on any atom is 0.142 e. The maximum atomic E-state index is 14.7.